The summed E-state index contributed by atoms with van der Waals surface area (Å²) in [6, 6.07) is 8.20. The number of phenols is 1. The normalized spacial score (nSPS) is 22.5. The molecule has 1 unspecified atom stereocenters. The molecule has 7 rings (SSSR count). The average molecular weight is 586 g/mol. The molecule has 6 nitrogen and oxygen atoms in total. The van der Waals surface area contributed by atoms with E-state index in [0.29, 0.717) is 39.9 Å². The topological polar surface area (TPSA) is 64.5 Å². The fourth-order valence-electron chi connectivity index (χ4n) is 6.87. The van der Waals surface area contributed by atoms with Crippen molar-refractivity contribution in [2.24, 2.45) is 0 Å². The molecule has 214 valence electrons. The molecule has 0 amide bonds. The van der Waals surface area contributed by atoms with Crippen molar-refractivity contribution < 1.29 is 13.9 Å². The lowest BCUT2D eigenvalue weighted by molar-refractivity contribution is 0.358. The van der Waals surface area contributed by atoms with Gasteiger partial charge in [-0.2, -0.15) is 0 Å². The second-order valence-corrected chi connectivity index (χ2v) is 12.0. The molecular weight excluding hydrogens is 556 g/mol. The first-order valence-corrected chi connectivity index (χ1v) is 14.7. The first-order chi connectivity index (χ1) is 20.3. The van der Waals surface area contributed by atoms with Crippen LogP contribution in [0.3, 0.4) is 0 Å². The van der Waals surface area contributed by atoms with Gasteiger partial charge in [0.25, 0.3) is 0 Å². The summed E-state index contributed by atoms with van der Waals surface area (Å²) in [6.07, 6.45) is 14.0. The monoisotopic (exact) mass is 585 g/mol. The standard InChI is InChI=1S/C33H30ClF2N5O/c1-3-23-27(35)10-6-18-13-22(42)14-24(29(18)23)30-26(34)15-25-32(31(30)36)38-28(11-9-21-5-4-12-40(21)2)39-33(25)41-16-19-7-8-20(17-41)37-19/h1,6,9-11,13-15,19-21,37,42H,4-5,7-8,12,16-17H2,2H3/b11-9+/t19-,20+,21?. The van der Waals surface area contributed by atoms with Crippen LogP contribution < -0.4 is 10.2 Å². The first-order valence-electron chi connectivity index (χ1n) is 14.3. The number of hydrogen-bond donors (Lipinski definition) is 2. The lowest BCUT2D eigenvalue weighted by atomic mass is 9.93. The lowest BCUT2D eigenvalue weighted by Crippen LogP contribution is -2.51. The summed E-state index contributed by atoms with van der Waals surface area (Å²) in [4.78, 5) is 14.1. The van der Waals surface area contributed by atoms with Gasteiger partial charge in [0.05, 0.1) is 10.6 Å². The van der Waals surface area contributed by atoms with Crippen molar-refractivity contribution in [3.63, 3.8) is 0 Å². The van der Waals surface area contributed by atoms with Crippen molar-refractivity contribution in [3.8, 4) is 29.2 Å². The number of anilines is 1. The van der Waals surface area contributed by atoms with E-state index in [9.17, 15) is 9.50 Å². The predicted molar refractivity (Wildman–Crippen MR) is 164 cm³/mol. The van der Waals surface area contributed by atoms with E-state index in [1.807, 2.05) is 6.08 Å². The van der Waals surface area contributed by atoms with Gasteiger partial charge in [-0.1, -0.05) is 29.7 Å². The van der Waals surface area contributed by atoms with Gasteiger partial charge in [-0.05, 0) is 80.6 Å². The summed E-state index contributed by atoms with van der Waals surface area (Å²) < 4.78 is 31.7. The number of rotatable bonds is 4. The number of nitrogens with zero attached hydrogens (tertiary/aromatic N) is 4. The van der Waals surface area contributed by atoms with E-state index in [4.69, 9.17) is 28.0 Å². The summed E-state index contributed by atoms with van der Waals surface area (Å²) in [5.41, 5.74) is 0.288. The molecule has 3 aliphatic heterocycles. The number of nitrogens with one attached hydrogen (secondary N) is 1. The number of aromatic nitrogens is 2. The minimum absolute atomic E-state index is 0.00246. The number of likely N-dealkylation sites (N-methyl/N-ethyl adjacent to an activating group) is 1. The molecule has 3 atom stereocenters. The molecule has 3 fully saturated rings. The third kappa shape index (κ3) is 4.57. The number of halogens is 3. The SMILES string of the molecule is C#Cc1c(F)ccc2cc(O)cc(-c3c(Cl)cc4c(N5C[C@H]6CC[C@@H](C5)N6)nc(/C=C/C5CCCN5C)nc4c3F)c12. The largest absolute Gasteiger partial charge is 0.508 e. The maximum absolute atomic E-state index is 16.8. The highest BCUT2D eigenvalue weighted by molar-refractivity contribution is 6.35. The number of aromatic hydroxyl groups is 1. The zero-order valence-electron chi connectivity index (χ0n) is 23.2. The molecule has 3 aromatic carbocycles. The zero-order valence-corrected chi connectivity index (χ0v) is 23.9. The van der Waals surface area contributed by atoms with E-state index in [2.05, 4.69) is 34.2 Å². The van der Waals surface area contributed by atoms with Gasteiger partial charge in [0.2, 0.25) is 0 Å². The molecule has 2 N–H and O–H groups in total. The molecule has 4 heterocycles. The molecule has 42 heavy (non-hydrogen) atoms. The Morgan fingerprint density at radius 2 is 1.90 bits per heavy atom. The molecule has 2 bridgehead atoms. The van der Waals surface area contributed by atoms with E-state index in [1.165, 1.54) is 24.3 Å². The van der Waals surface area contributed by atoms with Gasteiger partial charge < -0.3 is 15.3 Å². The van der Waals surface area contributed by atoms with E-state index >= 15 is 4.39 Å². The van der Waals surface area contributed by atoms with Crippen molar-refractivity contribution >= 4 is 45.2 Å². The van der Waals surface area contributed by atoms with Crippen LogP contribution in [0.1, 0.15) is 37.1 Å². The minimum Gasteiger partial charge on any atom is -0.508 e. The van der Waals surface area contributed by atoms with Crippen LogP contribution in [0.15, 0.2) is 36.4 Å². The number of piperazine rings is 1. The van der Waals surface area contributed by atoms with Gasteiger partial charge in [0, 0.05) is 47.6 Å². The molecule has 0 radical (unpaired) electrons. The van der Waals surface area contributed by atoms with Crippen LogP contribution in [-0.4, -0.2) is 64.8 Å². The molecule has 9 heteroatoms. The molecule has 0 saturated carbocycles. The Labute approximate surface area is 248 Å². The number of phenolic OH excluding ortho intramolecular Hbond substituents is 1. The van der Waals surface area contributed by atoms with Gasteiger partial charge in [0.1, 0.15) is 22.9 Å². The second-order valence-electron chi connectivity index (χ2n) is 11.6. The molecule has 4 aromatic rings. The zero-order chi connectivity index (χ0) is 29.1. The van der Waals surface area contributed by atoms with E-state index in [1.54, 1.807) is 6.07 Å². The van der Waals surface area contributed by atoms with Crippen LogP contribution in [-0.2, 0) is 0 Å². The van der Waals surface area contributed by atoms with Crippen LogP contribution in [0, 0.1) is 24.0 Å². The van der Waals surface area contributed by atoms with E-state index in [0.717, 1.165) is 45.3 Å². The van der Waals surface area contributed by atoms with Crippen LogP contribution in [0.2, 0.25) is 5.02 Å². The van der Waals surface area contributed by atoms with Gasteiger partial charge >= 0.3 is 0 Å². The van der Waals surface area contributed by atoms with Gasteiger partial charge in [-0.25, -0.2) is 18.7 Å². The summed E-state index contributed by atoms with van der Waals surface area (Å²) in [7, 11) is 2.09. The van der Waals surface area contributed by atoms with Crippen LogP contribution in [0.5, 0.6) is 5.75 Å². The van der Waals surface area contributed by atoms with Crippen LogP contribution in [0.4, 0.5) is 14.6 Å². The Bertz CT molecular complexity index is 1810. The van der Waals surface area contributed by atoms with Gasteiger partial charge in [0.15, 0.2) is 11.6 Å². The summed E-state index contributed by atoms with van der Waals surface area (Å²) in [5.74, 6) is 2.03. The number of terminal acetylenes is 1. The highest BCUT2D eigenvalue weighted by Crippen LogP contribution is 2.43. The van der Waals surface area contributed by atoms with E-state index in [-0.39, 0.29) is 39.0 Å². The minimum atomic E-state index is -0.675. The fraction of sp³-hybridized carbons (Fsp3) is 0.333. The Hall–Kier alpha value is -3.77. The predicted octanol–water partition coefficient (Wildman–Crippen LogP) is 6.12. The molecular formula is C33H30ClF2N5O. The number of hydrogen-bond acceptors (Lipinski definition) is 6. The quantitative estimate of drug-likeness (QED) is 0.282. The van der Waals surface area contributed by atoms with Crippen molar-refractivity contribution in [2.75, 3.05) is 31.6 Å². The number of benzene rings is 3. The Morgan fingerprint density at radius 1 is 1.12 bits per heavy atom. The van der Waals surface area contributed by atoms with Gasteiger partial charge in [-0.3, -0.25) is 4.90 Å². The molecule has 0 aliphatic carbocycles. The Kier molecular flexibility index (Phi) is 6.77. The first kappa shape index (κ1) is 27.1. The number of fused-ring (bicyclic) bond motifs is 4. The van der Waals surface area contributed by atoms with Crippen molar-refractivity contribution in [1.29, 1.82) is 0 Å². The van der Waals surface area contributed by atoms with Crippen molar-refractivity contribution in [3.05, 3.63) is 64.5 Å². The molecule has 3 aliphatic rings. The Morgan fingerprint density at radius 3 is 2.62 bits per heavy atom. The maximum Gasteiger partial charge on any atom is 0.158 e. The third-order valence-electron chi connectivity index (χ3n) is 8.91. The van der Waals surface area contributed by atoms with E-state index < -0.39 is 11.6 Å². The maximum atomic E-state index is 16.8. The molecule has 1 aromatic heterocycles. The highest BCUT2D eigenvalue weighted by atomic mass is 35.5. The summed E-state index contributed by atoms with van der Waals surface area (Å²) >= 11 is 6.84. The molecule has 3 saturated heterocycles. The van der Waals surface area contributed by atoms with Crippen molar-refractivity contribution in [2.45, 2.75) is 43.8 Å². The lowest BCUT2D eigenvalue weighted by Gasteiger charge is -2.34. The van der Waals surface area contributed by atoms with Gasteiger partial charge in [-0.15, -0.1) is 6.42 Å². The second kappa shape index (κ2) is 10.5. The number of likely N-dealkylation sites (tertiary alicyclic amines) is 1. The average Bonchev–Trinajstić information content (AvgIpc) is 3.54. The smallest absolute Gasteiger partial charge is 0.158 e. The van der Waals surface area contributed by atoms with Crippen LogP contribution >= 0.6 is 11.6 Å². The fourth-order valence-corrected chi connectivity index (χ4v) is 7.16. The van der Waals surface area contributed by atoms with Crippen LogP contribution in [0.25, 0.3) is 38.9 Å². The Balaban J connectivity index is 1.46. The summed E-state index contributed by atoms with van der Waals surface area (Å²) in [5, 5.41) is 15.6. The summed E-state index contributed by atoms with van der Waals surface area (Å²) in [6.45, 7) is 2.53. The highest BCUT2D eigenvalue weighted by Gasteiger charge is 2.34. The van der Waals surface area contributed by atoms with Crippen molar-refractivity contribution in [1.82, 2.24) is 20.2 Å². The third-order valence-corrected chi connectivity index (χ3v) is 9.20. The molecule has 0 spiro atoms.